The van der Waals surface area contributed by atoms with Crippen molar-refractivity contribution in [3.05, 3.63) is 90.3 Å². The van der Waals surface area contributed by atoms with Gasteiger partial charge in [-0.2, -0.15) is 0 Å². The van der Waals surface area contributed by atoms with Gasteiger partial charge >= 0.3 is 0 Å². The fraction of sp³-hybridized carbons (Fsp3) is 0.333. The molecule has 3 heterocycles. The molecule has 0 spiro atoms. The standard InChI is InChI=1S/C30H34FN5O/c1-34(2)17-18-35(20-22-5-4-6-27(19-22)37-3)21-26-11-12-28-33-29(23-7-9-25(31)10-8-23)30(36(26)28)24-13-15-32-16-14-24/h4-10,13-16,19,26H,11-12,17-18,20-21H2,1-3H3. The molecule has 4 aromatic rings. The van der Waals surface area contributed by atoms with Gasteiger partial charge in [0.15, 0.2) is 0 Å². The van der Waals surface area contributed by atoms with Crippen LogP contribution in [0.5, 0.6) is 5.75 Å². The predicted molar refractivity (Wildman–Crippen MR) is 145 cm³/mol. The Balaban J connectivity index is 1.49. The Morgan fingerprint density at radius 1 is 1.00 bits per heavy atom. The Labute approximate surface area is 218 Å². The van der Waals surface area contributed by atoms with Crippen LogP contribution < -0.4 is 4.74 Å². The first-order valence-corrected chi connectivity index (χ1v) is 12.8. The average molecular weight is 500 g/mol. The third kappa shape index (κ3) is 5.73. The lowest BCUT2D eigenvalue weighted by Gasteiger charge is -2.29. The average Bonchev–Trinajstić information content (AvgIpc) is 3.48. The zero-order valence-electron chi connectivity index (χ0n) is 21.8. The molecule has 0 amide bonds. The van der Waals surface area contributed by atoms with Gasteiger partial charge in [-0.05, 0) is 74.6 Å². The van der Waals surface area contributed by atoms with Gasteiger partial charge < -0.3 is 14.2 Å². The van der Waals surface area contributed by atoms with E-state index in [1.165, 1.54) is 17.7 Å². The highest BCUT2D eigenvalue weighted by molar-refractivity contribution is 5.79. The Hall–Kier alpha value is -3.55. The first-order valence-electron chi connectivity index (χ1n) is 12.8. The molecule has 2 aromatic heterocycles. The number of halogens is 1. The molecule has 1 atom stereocenters. The number of methoxy groups -OCH3 is 1. The van der Waals surface area contributed by atoms with Crippen molar-refractivity contribution in [2.75, 3.05) is 40.8 Å². The number of pyridine rings is 1. The van der Waals surface area contributed by atoms with Crippen molar-refractivity contribution in [2.24, 2.45) is 0 Å². The van der Waals surface area contributed by atoms with Gasteiger partial charge in [0, 0.05) is 62.2 Å². The number of ether oxygens (including phenoxy) is 1. The van der Waals surface area contributed by atoms with E-state index in [-0.39, 0.29) is 11.9 Å². The van der Waals surface area contributed by atoms with E-state index in [1.54, 1.807) is 7.11 Å². The summed E-state index contributed by atoms with van der Waals surface area (Å²) >= 11 is 0. The van der Waals surface area contributed by atoms with Crippen LogP contribution in [0.1, 0.15) is 23.9 Å². The molecule has 0 radical (unpaired) electrons. The molecule has 37 heavy (non-hydrogen) atoms. The Morgan fingerprint density at radius 3 is 2.51 bits per heavy atom. The topological polar surface area (TPSA) is 46.4 Å². The minimum Gasteiger partial charge on any atom is -0.497 e. The van der Waals surface area contributed by atoms with Crippen molar-refractivity contribution in [3.8, 4) is 28.3 Å². The molecule has 2 aromatic carbocycles. The number of imidazole rings is 1. The zero-order valence-corrected chi connectivity index (χ0v) is 21.8. The monoisotopic (exact) mass is 499 g/mol. The maximum atomic E-state index is 13.7. The van der Waals surface area contributed by atoms with Gasteiger partial charge in [0.25, 0.3) is 0 Å². The smallest absolute Gasteiger partial charge is 0.123 e. The maximum Gasteiger partial charge on any atom is 0.123 e. The number of aromatic nitrogens is 3. The molecule has 1 aliphatic rings. The van der Waals surface area contributed by atoms with Crippen LogP contribution in [-0.2, 0) is 13.0 Å². The van der Waals surface area contributed by atoms with Gasteiger partial charge in [0.1, 0.15) is 17.4 Å². The largest absolute Gasteiger partial charge is 0.497 e. The molecule has 7 heteroatoms. The fourth-order valence-corrected chi connectivity index (χ4v) is 5.14. The summed E-state index contributed by atoms with van der Waals surface area (Å²) < 4.78 is 21.6. The van der Waals surface area contributed by atoms with Crippen LogP contribution in [0.3, 0.4) is 0 Å². The second-order valence-corrected chi connectivity index (χ2v) is 9.92. The summed E-state index contributed by atoms with van der Waals surface area (Å²) in [5.41, 5.74) is 5.23. The number of rotatable bonds is 10. The number of hydrogen-bond acceptors (Lipinski definition) is 5. The summed E-state index contributed by atoms with van der Waals surface area (Å²) in [6.07, 6.45) is 5.60. The number of likely N-dealkylation sites (N-methyl/N-ethyl adjacent to an activating group) is 1. The van der Waals surface area contributed by atoms with Gasteiger partial charge in [0.2, 0.25) is 0 Å². The molecule has 0 N–H and O–H groups in total. The second-order valence-electron chi connectivity index (χ2n) is 9.92. The molecule has 0 saturated heterocycles. The van der Waals surface area contributed by atoms with Crippen molar-refractivity contribution < 1.29 is 9.13 Å². The Bertz CT molecular complexity index is 1320. The second kappa shape index (κ2) is 11.2. The number of hydrogen-bond donors (Lipinski definition) is 0. The third-order valence-corrected chi connectivity index (χ3v) is 6.99. The van der Waals surface area contributed by atoms with E-state index < -0.39 is 0 Å². The summed E-state index contributed by atoms with van der Waals surface area (Å²) in [5.74, 6) is 1.73. The van der Waals surface area contributed by atoms with Gasteiger partial charge in [-0.1, -0.05) is 12.1 Å². The van der Waals surface area contributed by atoms with Crippen LogP contribution >= 0.6 is 0 Å². The first kappa shape index (κ1) is 25.1. The molecular weight excluding hydrogens is 465 g/mol. The highest BCUT2D eigenvalue weighted by Crippen LogP contribution is 2.40. The molecule has 0 saturated carbocycles. The van der Waals surface area contributed by atoms with Crippen LogP contribution in [0.15, 0.2) is 73.1 Å². The number of fused-ring (bicyclic) bond motifs is 1. The van der Waals surface area contributed by atoms with Crippen molar-refractivity contribution in [1.29, 1.82) is 0 Å². The molecule has 192 valence electrons. The van der Waals surface area contributed by atoms with Crippen molar-refractivity contribution in [2.45, 2.75) is 25.4 Å². The van der Waals surface area contributed by atoms with Crippen LogP contribution in [0.2, 0.25) is 0 Å². The summed E-state index contributed by atoms with van der Waals surface area (Å²) in [6, 6.07) is 19.3. The van der Waals surface area contributed by atoms with Gasteiger partial charge in [0.05, 0.1) is 18.5 Å². The van der Waals surface area contributed by atoms with Gasteiger partial charge in [-0.25, -0.2) is 9.37 Å². The highest BCUT2D eigenvalue weighted by atomic mass is 19.1. The quantitative estimate of drug-likeness (QED) is 0.296. The van der Waals surface area contributed by atoms with Crippen molar-refractivity contribution >= 4 is 0 Å². The molecule has 1 aliphatic heterocycles. The summed E-state index contributed by atoms with van der Waals surface area (Å²) in [4.78, 5) is 14.1. The van der Waals surface area contributed by atoms with E-state index in [0.717, 1.165) is 73.1 Å². The molecule has 0 bridgehead atoms. The molecular formula is C30H34FN5O. The first-order chi connectivity index (χ1) is 18.0. The lowest BCUT2D eigenvalue weighted by atomic mass is 10.0. The lowest BCUT2D eigenvalue weighted by Crippen LogP contribution is -2.35. The minimum absolute atomic E-state index is 0.243. The zero-order chi connectivity index (χ0) is 25.8. The number of benzene rings is 2. The van der Waals surface area contributed by atoms with Crippen molar-refractivity contribution in [3.63, 3.8) is 0 Å². The van der Waals surface area contributed by atoms with Crippen LogP contribution in [0.25, 0.3) is 22.5 Å². The third-order valence-electron chi connectivity index (χ3n) is 6.99. The molecule has 5 rings (SSSR count). The fourth-order valence-electron chi connectivity index (χ4n) is 5.14. The highest BCUT2D eigenvalue weighted by Gasteiger charge is 2.31. The van der Waals surface area contributed by atoms with Crippen LogP contribution in [0, 0.1) is 5.82 Å². The number of nitrogens with zero attached hydrogens (tertiary/aromatic N) is 5. The SMILES string of the molecule is COc1cccc(CN(CCN(C)C)CC2CCc3nc(-c4ccc(F)cc4)c(-c4ccncc4)n32)c1. The van der Waals surface area contributed by atoms with E-state index >= 15 is 0 Å². The maximum absolute atomic E-state index is 13.7. The van der Waals surface area contributed by atoms with E-state index in [0.29, 0.717) is 0 Å². The van der Waals surface area contributed by atoms with E-state index in [9.17, 15) is 4.39 Å². The van der Waals surface area contributed by atoms with E-state index in [2.05, 4.69) is 51.6 Å². The molecule has 1 unspecified atom stereocenters. The summed E-state index contributed by atoms with van der Waals surface area (Å²) in [5, 5.41) is 0. The van der Waals surface area contributed by atoms with Crippen LogP contribution in [0.4, 0.5) is 4.39 Å². The van der Waals surface area contributed by atoms with Crippen molar-refractivity contribution in [1.82, 2.24) is 24.3 Å². The van der Waals surface area contributed by atoms with E-state index in [1.807, 2.05) is 42.7 Å². The summed E-state index contributed by atoms with van der Waals surface area (Å²) in [6.45, 7) is 3.70. The minimum atomic E-state index is -0.243. The predicted octanol–water partition coefficient (Wildman–Crippen LogP) is 5.31. The Kier molecular flexibility index (Phi) is 7.63. The van der Waals surface area contributed by atoms with Gasteiger partial charge in [-0.3, -0.25) is 9.88 Å². The molecule has 0 aliphatic carbocycles. The van der Waals surface area contributed by atoms with E-state index in [4.69, 9.17) is 9.72 Å². The summed E-state index contributed by atoms with van der Waals surface area (Å²) in [7, 11) is 5.94. The normalized spacial score (nSPS) is 14.9. The van der Waals surface area contributed by atoms with Gasteiger partial charge in [-0.15, -0.1) is 0 Å². The molecule has 0 fully saturated rings. The number of aryl methyl sites for hydroxylation is 1. The lowest BCUT2D eigenvalue weighted by molar-refractivity contribution is 0.204. The van der Waals surface area contributed by atoms with Crippen LogP contribution in [-0.4, -0.2) is 65.2 Å². The molecule has 6 nitrogen and oxygen atoms in total. The Morgan fingerprint density at radius 2 is 1.78 bits per heavy atom.